The van der Waals surface area contributed by atoms with E-state index < -0.39 is 29.5 Å². The smallest absolute Gasteiger partial charge is 0.324 e. The molecule has 0 spiro atoms. The van der Waals surface area contributed by atoms with E-state index in [1.54, 1.807) is 0 Å². The van der Waals surface area contributed by atoms with Gasteiger partial charge in [-0.05, 0) is 30.5 Å². The lowest BCUT2D eigenvalue weighted by atomic mass is 10.0. The Balaban J connectivity index is 1.61. The number of amides is 2. The van der Waals surface area contributed by atoms with Crippen molar-refractivity contribution in [2.24, 2.45) is 0 Å². The molecule has 1 fully saturated rings. The summed E-state index contributed by atoms with van der Waals surface area (Å²) >= 11 is 0. The van der Waals surface area contributed by atoms with Crippen LogP contribution in [0.1, 0.15) is 25.3 Å². The van der Waals surface area contributed by atoms with Crippen LogP contribution in [0.4, 0.5) is 14.7 Å². The van der Waals surface area contributed by atoms with Gasteiger partial charge in [-0.2, -0.15) is 9.97 Å². The fourth-order valence-electron chi connectivity index (χ4n) is 3.53. The minimum Gasteiger partial charge on any atom is -0.467 e. The van der Waals surface area contributed by atoms with E-state index in [2.05, 4.69) is 25.6 Å². The molecule has 0 radical (unpaired) electrons. The molecule has 1 aliphatic rings. The first kappa shape index (κ1) is 24.1. The van der Waals surface area contributed by atoms with Gasteiger partial charge in [-0.3, -0.25) is 9.59 Å². The predicted octanol–water partition coefficient (Wildman–Crippen LogP) is 0.999. The molecule has 1 unspecified atom stereocenters. The van der Waals surface area contributed by atoms with Crippen LogP contribution in [0.2, 0.25) is 0 Å². The summed E-state index contributed by atoms with van der Waals surface area (Å²) in [6, 6.07) is 2.63. The van der Waals surface area contributed by atoms with Crippen molar-refractivity contribution in [3.63, 3.8) is 0 Å². The van der Waals surface area contributed by atoms with Crippen LogP contribution in [0, 0.1) is 11.6 Å². The molecular formula is C21H26F2N6O4. The molecule has 33 heavy (non-hydrogen) atoms. The third-order valence-electron chi connectivity index (χ3n) is 5.19. The molecule has 1 atom stereocenters. The van der Waals surface area contributed by atoms with Gasteiger partial charge in [0.2, 0.25) is 17.8 Å². The van der Waals surface area contributed by atoms with Gasteiger partial charge < -0.3 is 25.0 Å². The Bertz CT molecular complexity index is 978. The van der Waals surface area contributed by atoms with Crippen LogP contribution in [-0.2, 0) is 16.0 Å². The van der Waals surface area contributed by atoms with E-state index in [1.165, 1.54) is 27.2 Å². The zero-order chi connectivity index (χ0) is 24.0. The third-order valence-corrected chi connectivity index (χ3v) is 5.19. The number of carbonyl (C=O) groups is 2. The number of ether oxygens (including phenoxy) is 2. The van der Waals surface area contributed by atoms with Gasteiger partial charge in [-0.25, -0.2) is 8.78 Å². The van der Waals surface area contributed by atoms with E-state index in [0.717, 1.165) is 12.1 Å². The summed E-state index contributed by atoms with van der Waals surface area (Å²) in [5.74, 6) is -2.35. The van der Waals surface area contributed by atoms with Gasteiger partial charge in [0.25, 0.3) is 0 Å². The molecule has 2 heterocycles. The fourth-order valence-corrected chi connectivity index (χ4v) is 3.53. The number of hydrogen-bond donors (Lipinski definition) is 2. The molecule has 1 aromatic carbocycles. The summed E-state index contributed by atoms with van der Waals surface area (Å²) in [6.45, 7) is 2.42. The summed E-state index contributed by atoms with van der Waals surface area (Å²) in [5.41, 5.74) is 0.398. The maximum Gasteiger partial charge on any atom is 0.324 e. The highest BCUT2D eigenvalue weighted by atomic mass is 19.2. The van der Waals surface area contributed by atoms with Gasteiger partial charge in [-0.1, -0.05) is 6.07 Å². The Morgan fingerprint density at radius 1 is 1.09 bits per heavy atom. The molecule has 1 aromatic heterocycles. The highest BCUT2D eigenvalue weighted by molar-refractivity contribution is 5.87. The lowest BCUT2D eigenvalue weighted by Crippen LogP contribution is -2.52. The Hall–Kier alpha value is -3.57. The first-order valence-electron chi connectivity index (χ1n) is 10.4. The maximum atomic E-state index is 13.5. The van der Waals surface area contributed by atoms with E-state index in [4.69, 9.17) is 9.47 Å². The van der Waals surface area contributed by atoms with Crippen molar-refractivity contribution in [1.29, 1.82) is 0 Å². The van der Waals surface area contributed by atoms with Crippen LogP contribution < -0.4 is 25.0 Å². The van der Waals surface area contributed by atoms with Crippen molar-refractivity contribution < 1.29 is 27.8 Å². The molecule has 3 rings (SSSR count). The lowest BCUT2D eigenvalue weighted by Gasteiger charge is -2.33. The second-order valence-electron chi connectivity index (χ2n) is 7.58. The summed E-state index contributed by atoms with van der Waals surface area (Å²) in [7, 11) is 2.90. The number of benzene rings is 1. The molecule has 2 aromatic rings. The molecular weight excluding hydrogens is 438 g/mol. The fraction of sp³-hybridized carbons (Fsp3) is 0.476. The van der Waals surface area contributed by atoms with E-state index in [9.17, 15) is 18.4 Å². The zero-order valence-corrected chi connectivity index (χ0v) is 18.6. The molecule has 2 amide bonds. The topological polar surface area (TPSA) is 119 Å². The highest BCUT2D eigenvalue weighted by Crippen LogP contribution is 2.20. The van der Waals surface area contributed by atoms with Crippen molar-refractivity contribution in [3.05, 3.63) is 35.4 Å². The molecule has 1 saturated heterocycles. The summed E-state index contributed by atoms with van der Waals surface area (Å²) in [4.78, 5) is 38.8. The average Bonchev–Trinajstić information content (AvgIpc) is 2.80. The molecule has 1 aliphatic heterocycles. The summed E-state index contributed by atoms with van der Waals surface area (Å²) < 4.78 is 36.9. The van der Waals surface area contributed by atoms with Crippen molar-refractivity contribution in [1.82, 2.24) is 25.6 Å². The van der Waals surface area contributed by atoms with E-state index in [0.29, 0.717) is 37.4 Å². The summed E-state index contributed by atoms with van der Waals surface area (Å²) in [5, 5.41) is 5.52. The maximum absolute atomic E-state index is 13.5. The Labute approximate surface area is 189 Å². The van der Waals surface area contributed by atoms with Gasteiger partial charge in [0, 0.05) is 32.5 Å². The quantitative estimate of drug-likeness (QED) is 0.594. The zero-order valence-electron chi connectivity index (χ0n) is 18.6. The molecule has 10 nitrogen and oxygen atoms in total. The summed E-state index contributed by atoms with van der Waals surface area (Å²) in [6.07, 6.45) is 1.26. The SMILES string of the molecule is COc1nc(OC)nc(N2CCC(NC(=O)C(Cc3ccc(F)c(F)c3)NC(C)=O)CC2)n1. The van der Waals surface area contributed by atoms with Crippen molar-refractivity contribution in [2.75, 3.05) is 32.2 Å². The van der Waals surface area contributed by atoms with E-state index in [-0.39, 0.29) is 24.5 Å². The number of rotatable bonds is 8. The van der Waals surface area contributed by atoms with Gasteiger partial charge in [0.15, 0.2) is 11.6 Å². The van der Waals surface area contributed by atoms with Gasteiger partial charge >= 0.3 is 12.0 Å². The minimum absolute atomic E-state index is 0.0336. The molecule has 0 bridgehead atoms. The van der Waals surface area contributed by atoms with Gasteiger partial charge in [-0.15, -0.1) is 4.98 Å². The van der Waals surface area contributed by atoms with Crippen LogP contribution in [0.25, 0.3) is 0 Å². The molecule has 2 N–H and O–H groups in total. The number of methoxy groups -OCH3 is 2. The standard InChI is InChI=1S/C21H26F2N6O4/c1-12(30)24-17(11-13-4-5-15(22)16(23)10-13)18(31)25-14-6-8-29(9-7-14)19-26-20(32-2)28-21(27-19)33-3/h4-5,10,14,17H,6-9,11H2,1-3H3,(H,24,30)(H,25,31). The molecule has 0 saturated carbocycles. The second kappa shape index (κ2) is 10.8. The third kappa shape index (κ3) is 6.46. The van der Waals surface area contributed by atoms with Crippen molar-refractivity contribution in [3.8, 4) is 12.0 Å². The van der Waals surface area contributed by atoms with Crippen molar-refractivity contribution in [2.45, 2.75) is 38.3 Å². The number of hydrogen-bond acceptors (Lipinski definition) is 8. The normalized spacial score (nSPS) is 15.0. The molecule has 178 valence electrons. The average molecular weight is 464 g/mol. The van der Waals surface area contributed by atoms with Crippen LogP contribution in [0.3, 0.4) is 0 Å². The number of halogens is 2. The van der Waals surface area contributed by atoms with Crippen LogP contribution >= 0.6 is 0 Å². The minimum atomic E-state index is -1.01. The number of piperidine rings is 1. The van der Waals surface area contributed by atoms with Crippen LogP contribution in [0.5, 0.6) is 12.0 Å². The van der Waals surface area contributed by atoms with Gasteiger partial charge in [0.05, 0.1) is 14.2 Å². The Kier molecular flexibility index (Phi) is 7.91. The van der Waals surface area contributed by atoms with E-state index >= 15 is 0 Å². The molecule has 0 aliphatic carbocycles. The largest absolute Gasteiger partial charge is 0.467 e. The first-order chi connectivity index (χ1) is 15.8. The number of nitrogens with one attached hydrogen (secondary N) is 2. The number of anilines is 1. The van der Waals surface area contributed by atoms with Crippen LogP contribution in [0.15, 0.2) is 18.2 Å². The Morgan fingerprint density at radius 2 is 1.73 bits per heavy atom. The second-order valence-corrected chi connectivity index (χ2v) is 7.58. The monoisotopic (exact) mass is 464 g/mol. The first-order valence-corrected chi connectivity index (χ1v) is 10.4. The highest BCUT2D eigenvalue weighted by Gasteiger charge is 2.27. The van der Waals surface area contributed by atoms with Crippen molar-refractivity contribution >= 4 is 17.8 Å². The lowest BCUT2D eigenvalue weighted by molar-refractivity contribution is -0.128. The number of carbonyl (C=O) groups excluding carboxylic acids is 2. The predicted molar refractivity (Wildman–Crippen MR) is 114 cm³/mol. The van der Waals surface area contributed by atoms with Crippen LogP contribution in [-0.4, -0.2) is 66.2 Å². The van der Waals surface area contributed by atoms with Gasteiger partial charge in [0.1, 0.15) is 6.04 Å². The Morgan fingerprint density at radius 3 is 2.27 bits per heavy atom. The van der Waals surface area contributed by atoms with E-state index in [1.807, 2.05) is 4.90 Å². The number of nitrogens with zero attached hydrogens (tertiary/aromatic N) is 4. The molecule has 12 heteroatoms. The number of aromatic nitrogens is 3.